The van der Waals surface area contributed by atoms with Crippen LogP contribution in [0.4, 0.5) is 0 Å². The lowest BCUT2D eigenvalue weighted by molar-refractivity contribution is 0.387. The van der Waals surface area contributed by atoms with Gasteiger partial charge in [-0.1, -0.05) is 11.6 Å². The molecule has 0 aliphatic carbocycles. The van der Waals surface area contributed by atoms with Crippen LogP contribution in [0.1, 0.15) is 31.0 Å². The molecule has 0 bridgehead atoms. The molecule has 0 spiro atoms. The molecule has 6 heteroatoms. The SMILES string of the molecule is c1cn(CCn2cncc2C2CCCCN2)nn1. The minimum absolute atomic E-state index is 0.456. The zero-order valence-corrected chi connectivity index (χ0v) is 10.4. The Morgan fingerprint density at radius 3 is 3.11 bits per heavy atom. The maximum absolute atomic E-state index is 4.27. The molecule has 2 aromatic rings. The monoisotopic (exact) mass is 246 g/mol. The summed E-state index contributed by atoms with van der Waals surface area (Å²) >= 11 is 0. The Morgan fingerprint density at radius 1 is 1.33 bits per heavy atom. The van der Waals surface area contributed by atoms with Crippen molar-refractivity contribution < 1.29 is 0 Å². The van der Waals surface area contributed by atoms with Crippen LogP contribution in [0.15, 0.2) is 24.9 Å². The molecule has 3 rings (SSSR count). The molecule has 0 saturated carbocycles. The third kappa shape index (κ3) is 2.43. The number of hydrogen-bond acceptors (Lipinski definition) is 4. The van der Waals surface area contributed by atoms with Crippen molar-refractivity contribution in [3.8, 4) is 0 Å². The van der Waals surface area contributed by atoms with E-state index >= 15 is 0 Å². The van der Waals surface area contributed by atoms with E-state index in [1.807, 2.05) is 23.4 Å². The Morgan fingerprint density at radius 2 is 2.33 bits per heavy atom. The zero-order valence-electron chi connectivity index (χ0n) is 10.4. The minimum Gasteiger partial charge on any atom is -0.331 e. The largest absolute Gasteiger partial charge is 0.331 e. The van der Waals surface area contributed by atoms with Gasteiger partial charge in [-0.3, -0.25) is 4.68 Å². The number of piperidine rings is 1. The lowest BCUT2D eigenvalue weighted by atomic mass is 10.0. The van der Waals surface area contributed by atoms with Crippen LogP contribution in [0.25, 0.3) is 0 Å². The first-order valence-electron chi connectivity index (χ1n) is 6.51. The highest BCUT2D eigenvalue weighted by Crippen LogP contribution is 2.22. The highest BCUT2D eigenvalue weighted by atomic mass is 15.4. The molecule has 1 atom stereocenters. The molecule has 96 valence electrons. The standard InChI is InChI=1S/C12H18N6/c1-2-4-14-11(3-1)12-9-13-10-17(12)7-8-18-6-5-15-16-18/h5-6,9-11,14H,1-4,7-8H2. The van der Waals surface area contributed by atoms with E-state index in [2.05, 4.69) is 25.2 Å². The van der Waals surface area contributed by atoms with Crippen LogP contribution in [0.5, 0.6) is 0 Å². The van der Waals surface area contributed by atoms with Crippen LogP contribution < -0.4 is 5.32 Å². The van der Waals surface area contributed by atoms with E-state index in [4.69, 9.17) is 0 Å². The summed E-state index contributed by atoms with van der Waals surface area (Å²) in [5.74, 6) is 0. The van der Waals surface area contributed by atoms with Crippen molar-refractivity contribution in [2.75, 3.05) is 6.54 Å². The first-order valence-corrected chi connectivity index (χ1v) is 6.51. The molecule has 1 aliphatic rings. The van der Waals surface area contributed by atoms with Crippen molar-refractivity contribution in [1.82, 2.24) is 29.9 Å². The second kappa shape index (κ2) is 5.30. The maximum Gasteiger partial charge on any atom is 0.0949 e. The second-order valence-electron chi connectivity index (χ2n) is 4.68. The van der Waals surface area contributed by atoms with Crippen molar-refractivity contribution in [3.05, 3.63) is 30.6 Å². The molecule has 0 aromatic carbocycles. The van der Waals surface area contributed by atoms with Crippen LogP contribution in [-0.4, -0.2) is 31.1 Å². The lowest BCUT2D eigenvalue weighted by Crippen LogP contribution is -2.28. The first-order chi connectivity index (χ1) is 8.93. The van der Waals surface area contributed by atoms with Gasteiger partial charge in [-0.15, -0.1) is 5.10 Å². The summed E-state index contributed by atoms with van der Waals surface area (Å²) in [5.41, 5.74) is 1.29. The van der Waals surface area contributed by atoms with E-state index in [1.165, 1.54) is 25.0 Å². The van der Waals surface area contributed by atoms with Crippen molar-refractivity contribution >= 4 is 0 Å². The Labute approximate surface area is 106 Å². The lowest BCUT2D eigenvalue weighted by Gasteiger charge is -2.24. The van der Waals surface area contributed by atoms with Crippen molar-refractivity contribution in [2.24, 2.45) is 0 Å². The summed E-state index contributed by atoms with van der Waals surface area (Å²) in [5, 5.41) is 11.3. The number of imidazole rings is 1. The van der Waals surface area contributed by atoms with Crippen LogP contribution in [0.3, 0.4) is 0 Å². The summed E-state index contributed by atoms with van der Waals surface area (Å²) < 4.78 is 4.06. The maximum atomic E-state index is 4.27. The van der Waals surface area contributed by atoms with Gasteiger partial charge >= 0.3 is 0 Å². The number of hydrogen-bond donors (Lipinski definition) is 1. The van der Waals surface area contributed by atoms with Gasteiger partial charge in [0.05, 0.1) is 24.8 Å². The van der Waals surface area contributed by atoms with Crippen LogP contribution in [0, 0.1) is 0 Å². The summed E-state index contributed by atoms with van der Waals surface area (Å²) in [6, 6.07) is 0.456. The van der Waals surface area contributed by atoms with E-state index in [0.29, 0.717) is 6.04 Å². The molecule has 1 aliphatic heterocycles. The van der Waals surface area contributed by atoms with Gasteiger partial charge in [-0.05, 0) is 19.4 Å². The first kappa shape index (κ1) is 11.4. The van der Waals surface area contributed by atoms with Gasteiger partial charge in [0.15, 0.2) is 0 Å². The van der Waals surface area contributed by atoms with Crippen LogP contribution >= 0.6 is 0 Å². The van der Waals surface area contributed by atoms with Crippen molar-refractivity contribution in [2.45, 2.75) is 38.4 Å². The third-order valence-electron chi connectivity index (χ3n) is 3.45. The Kier molecular flexibility index (Phi) is 3.36. The number of nitrogens with zero attached hydrogens (tertiary/aromatic N) is 5. The normalized spacial score (nSPS) is 20.1. The molecule has 1 N–H and O–H groups in total. The average Bonchev–Trinajstić information content (AvgIpc) is 3.09. The van der Waals surface area contributed by atoms with Gasteiger partial charge in [0.2, 0.25) is 0 Å². The molecule has 2 aromatic heterocycles. The highest BCUT2D eigenvalue weighted by Gasteiger charge is 2.18. The predicted molar refractivity (Wildman–Crippen MR) is 66.8 cm³/mol. The predicted octanol–water partition coefficient (Wildman–Crippen LogP) is 0.989. The Bertz CT molecular complexity index is 468. The zero-order chi connectivity index (χ0) is 12.2. The van der Waals surface area contributed by atoms with E-state index < -0.39 is 0 Å². The Balaban J connectivity index is 1.67. The highest BCUT2D eigenvalue weighted by molar-refractivity contribution is 5.06. The van der Waals surface area contributed by atoms with Gasteiger partial charge < -0.3 is 9.88 Å². The topological polar surface area (TPSA) is 60.6 Å². The molecular formula is C12H18N6. The molecule has 6 nitrogen and oxygen atoms in total. The van der Waals surface area contributed by atoms with Crippen molar-refractivity contribution in [1.29, 1.82) is 0 Å². The van der Waals surface area contributed by atoms with Gasteiger partial charge in [0, 0.05) is 25.0 Å². The number of aromatic nitrogens is 5. The number of aryl methyl sites for hydroxylation is 2. The van der Waals surface area contributed by atoms with E-state index in [0.717, 1.165) is 19.6 Å². The van der Waals surface area contributed by atoms with E-state index in [-0.39, 0.29) is 0 Å². The molecule has 3 heterocycles. The fourth-order valence-electron chi connectivity index (χ4n) is 2.47. The summed E-state index contributed by atoms with van der Waals surface area (Å²) in [6.07, 6.45) is 11.3. The van der Waals surface area contributed by atoms with Gasteiger partial charge in [0.25, 0.3) is 0 Å². The summed E-state index contributed by atoms with van der Waals surface area (Å²) in [4.78, 5) is 4.27. The second-order valence-corrected chi connectivity index (χ2v) is 4.68. The summed E-state index contributed by atoms with van der Waals surface area (Å²) in [6.45, 7) is 2.83. The molecule has 0 radical (unpaired) electrons. The van der Waals surface area contributed by atoms with Gasteiger partial charge in [0.1, 0.15) is 0 Å². The number of nitrogens with one attached hydrogen (secondary N) is 1. The molecule has 0 amide bonds. The molecular weight excluding hydrogens is 228 g/mol. The van der Waals surface area contributed by atoms with Crippen LogP contribution in [0.2, 0.25) is 0 Å². The third-order valence-corrected chi connectivity index (χ3v) is 3.45. The van der Waals surface area contributed by atoms with Crippen LogP contribution in [-0.2, 0) is 13.1 Å². The smallest absolute Gasteiger partial charge is 0.0949 e. The van der Waals surface area contributed by atoms with Gasteiger partial charge in [-0.2, -0.15) is 0 Å². The summed E-state index contributed by atoms with van der Waals surface area (Å²) in [7, 11) is 0. The molecule has 1 unspecified atom stereocenters. The fraction of sp³-hybridized carbons (Fsp3) is 0.583. The molecule has 18 heavy (non-hydrogen) atoms. The number of rotatable bonds is 4. The quantitative estimate of drug-likeness (QED) is 0.874. The average molecular weight is 246 g/mol. The van der Waals surface area contributed by atoms with E-state index in [9.17, 15) is 0 Å². The van der Waals surface area contributed by atoms with E-state index in [1.54, 1.807) is 6.20 Å². The van der Waals surface area contributed by atoms with Crippen molar-refractivity contribution in [3.63, 3.8) is 0 Å². The fourth-order valence-corrected chi connectivity index (χ4v) is 2.47. The molecule has 1 saturated heterocycles. The minimum atomic E-state index is 0.456. The molecule has 1 fully saturated rings. The Hall–Kier alpha value is -1.69. The van der Waals surface area contributed by atoms with Gasteiger partial charge in [-0.25, -0.2) is 4.98 Å².